The van der Waals surface area contributed by atoms with Crippen molar-refractivity contribution in [1.29, 1.82) is 5.26 Å². The molecule has 4 heteroatoms. The summed E-state index contributed by atoms with van der Waals surface area (Å²) in [6, 6.07) is 20.5. The van der Waals surface area contributed by atoms with Gasteiger partial charge in [-0.2, -0.15) is 5.26 Å². The van der Waals surface area contributed by atoms with Gasteiger partial charge in [0.2, 0.25) is 0 Å². The Hall–Kier alpha value is -2.19. The summed E-state index contributed by atoms with van der Waals surface area (Å²) < 4.78 is 5.87. The third kappa shape index (κ3) is 4.90. The van der Waals surface area contributed by atoms with Gasteiger partial charge in [-0.05, 0) is 23.3 Å². The standard InChI is InChI=1S/C20H23N3O/c21-12-18-7-4-8-19(11-18)13-22-14-20-16-23(9-10-24-20)15-17-5-2-1-3-6-17/h1-8,11,20,22H,9-10,13-16H2/t20-/m0/s1. The highest BCUT2D eigenvalue weighted by atomic mass is 16.5. The van der Waals surface area contributed by atoms with Crippen LogP contribution >= 0.6 is 0 Å². The first-order valence-electron chi connectivity index (χ1n) is 8.41. The maximum absolute atomic E-state index is 8.95. The van der Waals surface area contributed by atoms with Crippen molar-refractivity contribution in [2.24, 2.45) is 0 Å². The number of nitriles is 1. The number of nitrogens with one attached hydrogen (secondary N) is 1. The summed E-state index contributed by atoms with van der Waals surface area (Å²) in [6.07, 6.45) is 0.210. The van der Waals surface area contributed by atoms with Crippen LogP contribution in [0.25, 0.3) is 0 Å². The Morgan fingerprint density at radius 2 is 1.96 bits per heavy atom. The van der Waals surface area contributed by atoms with E-state index < -0.39 is 0 Å². The fourth-order valence-electron chi connectivity index (χ4n) is 3.02. The highest BCUT2D eigenvalue weighted by Gasteiger charge is 2.20. The zero-order valence-corrected chi connectivity index (χ0v) is 13.8. The van der Waals surface area contributed by atoms with Crippen molar-refractivity contribution in [3.05, 3.63) is 71.3 Å². The van der Waals surface area contributed by atoms with Gasteiger partial charge >= 0.3 is 0 Å². The van der Waals surface area contributed by atoms with Gasteiger partial charge in [-0.15, -0.1) is 0 Å². The van der Waals surface area contributed by atoms with Gasteiger partial charge in [0.25, 0.3) is 0 Å². The van der Waals surface area contributed by atoms with Gasteiger partial charge in [-0.3, -0.25) is 4.90 Å². The number of benzene rings is 2. The van der Waals surface area contributed by atoms with Crippen LogP contribution in [0.3, 0.4) is 0 Å². The minimum Gasteiger partial charge on any atom is -0.374 e. The molecule has 0 radical (unpaired) electrons. The van der Waals surface area contributed by atoms with Crippen molar-refractivity contribution in [1.82, 2.24) is 10.2 Å². The Balaban J connectivity index is 1.44. The van der Waals surface area contributed by atoms with Crippen LogP contribution in [-0.2, 0) is 17.8 Å². The van der Waals surface area contributed by atoms with E-state index in [1.54, 1.807) is 0 Å². The number of nitrogens with zero attached hydrogens (tertiary/aromatic N) is 2. The Morgan fingerprint density at radius 3 is 2.79 bits per heavy atom. The third-order valence-corrected chi connectivity index (χ3v) is 4.23. The molecule has 4 nitrogen and oxygen atoms in total. The van der Waals surface area contributed by atoms with Crippen molar-refractivity contribution in [3.63, 3.8) is 0 Å². The quantitative estimate of drug-likeness (QED) is 0.888. The second-order valence-corrected chi connectivity index (χ2v) is 6.16. The molecule has 2 aromatic carbocycles. The molecule has 24 heavy (non-hydrogen) atoms. The van der Waals surface area contributed by atoms with E-state index in [0.717, 1.165) is 44.9 Å². The third-order valence-electron chi connectivity index (χ3n) is 4.23. The topological polar surface area (TPSA) is 48.3 Å². The van der Waals surface area contributed by atoms with Gasteiger partial charge < -0.3 is 10.1 Å². The summed E-state index contributed by atoms with van der Waals surface area (Å²) in [5, 5.41) is 12.4. The molecule has 1 atom stereocenters. The van der Waals surface area contributed by atoms with E-state index in [4.69, 9.17) is 10.00 Å². The maximum Gasteiger partial charge on any atom is 0.0991 e. The highest BCUT2D eigenvalue weighted by Crippen LogP contribution is 2.10. The maximum atomic E-state index is 8.95. The van der Waals surface area contributed by atoms with Crippen LogP contribution in [0.4, 0.5) is 0 Å². The molecule has 0 amide bonds. The van der Waals surface area contributed by atoms with Crippen molar-refractivity contribution >= 4 is 0 Å². The minimum atomic E-state index is 0.210. The van der Waals surface area contributed by atoms with Crippen molar-refractivity contribution in [3.8, 4) is 6.07 Å². The van der Waals surface area contributed by atoms with Crippen LogP contribution < -0.4 is 5.32 Å². The largest absolute Gasteiger partial charge is 0.374 e. The Bertz CT molecular complexity index is 681. The lowest BCUT2D eigenvalue weighted by Gasteiger charge is -2.33. The molecule has 0 unspecified atom stereocenters. The number of hydrogen-bond acceptors (Lipinski definition) is 4. The van der Waals surface area contributed by atoms with E-state index in [0.29, 0.717) is 5.56 Å². The molecule has 0 bridgehead atoms. The summed E-state index contributed by atoms with van der Waals surface area (Å²) >= 11 is 0. The second-order valence-electron chi connectivity index (χ2n) is 6.16. The molecule has 1 aliphatic rings. The Kier molecular flexibility index (Phi) is 5.97. The monoisotopic (exact) mass is 321 g/mol. The van der Waals surface area contributed by atoms with E-state index in [1.807, 2.05) is 24.3 Å². The Morgan fingerprint density at radius 1 is 1.12 bits per heavy atom. The van der Waals surface area contributed by atoms with Crippen molar-refractivity contribution in [2.45, 2.75) is 19.2 Å². The second kappa shape index (κ2) is 8.60. The predicted octanol–water partition coefficient (Wildman–Crippen LogP) is 2.55. The molecule has 1 heterocycles. The minimum absolute atomic E-state index is 0.210. The molecular formula is C20H23N3O. The zero-order valence-electron chi connectivity index (χ0n) is 13.8. The van der Waals surface area contributed by atoms with Crippen molar-refractivity contribution < 1.29 is 4.74 Å². The first-order valence-corrected chi connectivity index (χ1v) is 8.41. The van der Waals surface area contributed by atoms with E-state index in [9.17, 15) is 0 Å². The molecule has 0 spiro atoms. The fourth-order valence-corrected chi connectivity index (χ4v) is 3.02. The fraction of sp³-hybridized carbons (Fsp3) is 0.350. The molecule has 1 aliphatic heterocycles. The van der Waals surface area contributed by atoms with Crippen LogP contribution in [0.2, 0.25) is 0 Å². The van der Waals surface area contributed by atoms with Gasteiger partial charge in [-0.25, -0.2) is 0 Å². The average Bonchev–Trinajstić information content (AvgIpc) is 2.63. The first-order chi connectivity index (χ1) is 11.8. The lowest BCUT2D eigenvalue weighted by molar-refractivity contribution is -0.0300. The molecule has 0 aromatic heterocycles. The normalized spacial score (nSPS) is 18.2. The lowest BCUT2D eigenvalue weighted by atomic mass is 10.1. The summed E-state index contributed by atoms with van der Waals surface area (Å²) in [4.78, 5) is 2.45. The Labute approximate surface area is 143 Å². The molecule has 1 saturated heterocycles. The summed E-state index contributed by atoms with van der Waals surface area (Å²) in [5.41, 5.74) is 3.18. The molecule has 3 rings (SSSR count). The summed E-state index contributed by atoms with van der Waals surface area (Å²) in [6.45, 7) is 5.26. The molecule has 2 aromatic rings. The number of rotatable bonds is 6. The van der Waals surface area contributed by atoms with Crippen LogP contribution in [0, 0.1) is 11.3 Å². The van der Waals surface area contributed by atoms with Crippen LogP contribution in [0.1, 0.15) is 16.7 Å². The molecule has 124 valence electrons. The number of ether oxygens (including phenoxy) is 1. The van der Waals surface area contributed by atoms with E-state index in [1.165, 1.54) is 5.56 Å². The van der Waals surface area contributed by atoms with Gasteiger partial charge in [-0.1, -0.05) is 42.5 Å². The molecule has 1 fully saturated rings. The van der Waals surface area contributed by atoms with Gasteiger partial charge in [0.1, 0.15) is 0 Å². The molecule has 0 aliphatic carbocycles. The predicted molar refractivity (Wildman–Crippen MR) is 94.3 cm³/mol. The van der Waals surface area contributed by atoms with Gasteiger partial charge in [0.15, 0.2) is 0 Å². The van der Waals surface area contributed by atoms with Crippen LogP contribution in [0.15, 0.2) is 54.6 Å². The van der Waals surface area contributed by atoms with E-state index in [-0.39, 0.29) is 6.10 Å². The van der Waals surface area contributed by atoms with Gasteiger partial charge in [0.05, 0.1) is 24.3 Å². The van der Waals surface area contributed by atoms with Crippen LogP contribution in [-0.4, -0.2) is 37.2 Å². The zero-order chi connectivity index (χ0) is 16.6. The number of hydrogen-bond donors (Lipinski definition) is 1. The molecule has 0 saturated carbocycles. The van der Waals surface area contributed by atoms with E-state index in [2.05, 4.69) is 46.6 Å². The smallest absolute Gasteiger partial charge is 0.0991 e. The summed E-state index contributed by atoms with van der Waals surface area (Å²) in [5.74, 6) is 0. The van der Waals surface area contributed by atoms with Crippen LogP contribution in [0.5, 0.6) is 0 Å². The molecular weight excluding hydrogens is 298 g/mol. The molecule has 1 N–H and O–H groups in total. The summed E-state index contributed by atoms with van der Waals surface area (Å²) in [7, 11) is 0. The highest BCUT2D eigenvalue weighted by molar-refractivity contribution is 5.32. The van der Waals surface area contributed by atoms with Crippen molar-refractivity contribution in [2.75, 3.05) is 26.2 Å². The van der Waals surface area contributed by atoms with Gasteiger partial charge in [0, 0.05) is 32.7 Å². The van der Waals surface area contributed by atoms with E-state index >= 15 is 0 Å². The SMILES string of the molecule is N#Cc1cccc(CNC[C@H]2CN(Cc3ccccc3)CCO2)c1. The first kappa shape index (κ1) is 16.7. The number of morpholine rings is 1. The lowest BCUT2D eigenvalue weighted by Crippen LogP contribution is -2.46. The average molecular weight is 321 g/mol.